The van der Waals surface area contributed by atoms with Gasteiger partial charge in [0.25, 0.3) is 11.7 Å². The van der Waals surface area contributed by atoms with Gasteiger partial charge in [0.2, 0.25) is 0 Å². The van der Waals surface area contributed by atoms with Gasteiger partial charge in [-0.25, -0.2) is 4.68 Å². The fourth-order valence-electron chi connectivity index (χ4n) is 4.52. The smallest absolute Gasteiger partial charge is 0.368 e. The van der Waals surface area contributed by atoms with E-state index in [-0.39, 0.29) is 11.3 Å². The summed E-state index contributed by atoms with van der Waals surface area (Å²) >= 11 is 0. The number of hydrogen-bond acceptors (Lipinski definition) is 4. The van der Waals surface area contributed by atoms with Crippen LogP contribution in [0.15, 0.2) is 42.5 Å². The number of halogens is 3. The monoisotopic (exact) mass is 484 g/mol. The topological polar surface area (TPSA) is 58.4 Å². The second kappa shape index (κ2) is 9.20. The largest absolute Gasteiger partial charge is 0.416 e. The van der Waals surface area contributed by atoms with Crippen LogP contribution in [0.3, 0.4) is 0 Å². The Hall–Kier alpha value is -3.62. The van der Waals surface area contributed by atoms with E-state index in [2.05, 4.69) is 36.0 Å². The fraction of sp³-hybridized carbons (Fsp3) is 0.346. The predicted molar refractivity (Wildman–Crippen MR) is 127 cm³/mol. The molecule has 0 N–H and O–H groups in total. The molecule has 2 aromatic carbocycles. The van der Waals surface area contributed by atoms with Crippen molar-refractivity contribution in [2.24, 2.45) is 0 Å². The number of aryl methyl sites for hydroxylation is 2. The van der Waals surface area contributed by atoms with Crippen LogP contribution in [0.5, 0.6) is 0 Å². The lowest BCUT2D eigenvalue weighted by molar-refractivity contribution is -0.137. The molecule has 0 spiro atoms. The van der Waals surface area contributed by atoms with Crippen molar-refractivity contribution in [3.63, 3.8) is 0 Å². The minimum absolute atomic E-state index is 0.129. The van der Waals surface area contributed by atoms with Crippen molar-refractivity contribution in [1.29, 1.82) is 0 Å². The number of benzene rings is 2. The molecule has 0 aliphatic carbocycles. The van der Waals surface area contributed by atoms with Gasteiger partial charge in [0.15, 0.2) is 0 Å². The van der Waals surface area contributed by atoms with Gasteiger partial charge in [-0.15, -0.1) is 0 Å². The average Bonchev–Trinajstić information content (AvgIpc) is 3.13. The number of hydrogen-bond donors (Lipinski definition) is 0. The van der Waals surface area contributed by atoms with Crippen molar-refractivity contribution >= 4 is 17.4 Å². The zero-order chi connectivity index (χ0) is 25.5. The molecule has 184 valence electrons. The first-order valence-electron chi connectivity index (χ1n) is 11.4. The lowest BCUT2D eigenvalue weighted by atomic mass is 10.1. The van der Waals surface area contributed by atoms with Crippen LogP contribution < -0.4 is 4.90 Å². The number of rotatable bonds is 4. The SMILES string of the molecule is Cc1cccc(N2CCN(C(=O)C(=O)c3c(C)nn(-c4cccc(C(F)(F)F)c4)c3C)CC2)c1C. The van der Waals surface area contributed by atoms with Gasteiger partial charge in [0.1, 0.15) is 0 Å². The number of anilines is 1. The minimum atomic E-state index is -4.50. The van der Waals surface area contributed by atoms with Crippen LogP contribution in [0.2, 0.25) is 0 Å². The van der Waals surface area contributed by atoms with Crippen LogP contribution in [0.4, 0.5) is 18.9 Å². The molecule has 1 aliphatic heterocycles. The van der Waals surface area contributed by atoms with E-state index in [4.69, 9.17) is 0 Å². The summed E-state index contributed by atoms with van der Waals surface area (Å²) in [6.07, 6.45) is -4.50. The number of amides is 1. The Morgan fingerprint density at radius 2 is 1.57 bits per heavy atom. The third-order valence-electron chi connectivity index (χ3n) is 6.61. The fourth-order valence-corrected chi connectivity index (χ4v) is 4.52. The first-order valence-corrected chi connectivity index (χ1v) is 11.4. The highest BCUT2D eigenvalue weighted by molar-refractivity contribution is 6.43. The van der Waals surface area contributed by atoms with Gasteiger partial charge in [-0.1, -0.05) is 18.2 Å². The van der Waals surface area contributed by atoms with E-state index in [0.29, 0.717) is 37.6 Å². The van der Waals surface area contributed by atoms with Gasteiger partial charge < -0.3 is 9.80 Å². The first kappa shape index (κ1) is 24.5. The molecule has 35 heavy (non-hydrogen) atoms. The van der Waals surface area contributed by atoms with Crippen LogP contribution >= 0.6 is 0 Å². The van der Waals surface area contributed by atoms with Gasteiger partial charge >= 0.3 is 6.18 Å². The second-order valence-corrected chi connectivity index (χ2v) is 8.83. The number of nitrogens with zero attached hydrogens (tertiary/aromatic N) is 4. The Bertz CT molecular complexity index is 1290. The van der Waals surface area contributed by atoms with Gasteiger partial charge in [-0.05, 0) is 63.1 Å². The summed E-state index contributed by atoms with van der Waals surface area (Å²) in [6, 6.07) is 10.8. The van der Waals surface area contributed by atoms with Crippen molar-refractivity contribution in [2.45, 2.75) is 33.9 Å². The quantitative estimate of drug-likeness (QED) is 0.399. The molecule has 1 aromatic heterocycles. The minimum Gasteiger partial charge on any atom is -0.368 e. The highest BCUT2D eigenvalue weighted by atomic mass is 19.4. The molecule has 3 aromatic rings. The highest BCUT2D eigenvalue weighted by Crippen LogP contribution is 2.31. The number of carbonyl (C=O) groups is 2. The van der Waals surface area contributed by atoms with E-state index in [0.717, 1.165) is 17.8 Å². The number of alkyl halides is 3. The van der Waals surface area contributed by atoms with E-state index in [1.54, 1.807) is 13.8 Å². The normalized spacial score (nSPS) is 14.4. The third kappa shape index (κ3) is 4.67. The molecule has 6 nitrogen and oxygen atoms in total. The number of aromatic nitrogens is 2. The van der Waals surface area contributed by atoms with Gasteiger partial charge in [-0.3, -0.25) is 9.59 Å². The van der Waals surface area contributed by atoms with Crippen molar-refractivity contribution in [1.82, 2.24) is 14.7 Å². The van der Waals surface area contributed by atoms with Crippen molar-refractivity contribution < 1.29 is 22.8 Å². The molecule has 0 atom stereocenters. The van der Waals surface area contributed by atoms with E-state index in [1.807, 2.05) is 6.07 Å². The summed E-state index contributed by atoms with van der Waals surface area (Å²) in [6.45, 7) is 9.29. The molecule has 1 aliphatic rings. The van der Waals surface area contributed by atoms with Crippen LogP contribution in [0.1, 0.15) is 38.4 Å². The molecule has 2 heterocycles. The highest BCUT2D eigenvalue weighted by Gasteiger charge is 2.33. The Kier molecular flexibility index (Phi) is 6.44. The number of piperazine rings is 1. The number of ketones is 1. The zero-order valence-electron chi connectivity index (χ0n) is 20.1. The van der Waals surface area contributed by atoms with Crippen LogP contribution in [0, 0.1) is 27.7 Å². The molecule has 1 fully saturated rings. The van der Waals surface area contributed by atoms with E-state index < -0.39 is 23.4 Å². The molecule has 1 saturated heterocycles. The Morgan fingerprint density at radius 1 is 0.914 bits per heavy atom. The molecule has 0 saturated carbocycles. The van der Waals surface area contributed by atoms with Crippen LogP contribution in [-0.2, 0) is 11.0 Å². The maximum absolute atomic E-state index is 13.2. The summed E-state index contributed by atoms with van der Waals surface area (Å²) < 4.78 is 40.7. The molecule has 0 unspecified atom stereocenters. The lowest BCUT2D eigenvalue weighted by Gasteiger charge is -2.36. The van der Waals surface area contributed by atoms with E-state index in [9.17, 15) is 22.8 Å². The number of Topliss-reactive ketones (excluding diaryl/α,β-unsaturated/α-hetero) is 1. The van der Waals surface area contributed by atoms with E-state index in [1.165, 1.54) is 32.8 Å². The standard InChI is InChI=1S/C26H27F3N4O2/c1-16-7-5-10-22(17(16)2)31-11-13-32(14-12-31)25(35)24(34)23-18(3)30-33(19(23)4)21-9-6-8-20(15-21)26(27,28)29/h5-10,15H,11-14H2,1-4H3. The van der Waals surface area contributed by atoms with Gasteiger partial charge in [-0.2, -0.15) is 18.3 Å². The average molecular weight is 485 g/mol. The number of carbonyl (C=O) groups excluding carboxylic acids is 2. The van der Waals surface area contributed by atoms with Crippen molar-refractivity contribution in [3.8, 4) is 5.69 Å². The second-order valence-electron chi connectivity index (χ2n) is 8.83. The summed E-state index contributed by atoms with van der Waals surface area (Å²) in [5.74, 6) is -1.32. The lowest BCUT2D eigenvalue weighted by Crippen LogP contribution is -2.51. The first-order chi connectivity index (χ1) is 16.5. The van der Waals surface area contributed by atoms with E-state index >= 15 is 0 Å². The Morgan fingerprint density at radius 3 is 2.23 bits per heavy atom. The summed E-state index contributed by atoms with van der Waals surface area (Å²) in [5, 5.41) is 4.27. The molecule has 0 radical (unpaired) electrons. The Balaban J connectivity index is 1.52. The molecular formula is C26H27F3N4O2. The molecule has 9 heteroatoms. The molecule has 4 rings (SSSR count). The Labute approximate surface area is 202 Å². The summed E-state index contributed by atoms with van der Waals surface area (Å²) in [7, 11) is 0. The van der Waals surface area contributed by atoms with Crippen molar-refractivity contribution in [2.75, 3.05) is 31.1 Å². The zero-order valence-corrected chi connectivity index (χ0v) is 20.1. The van der Waals surface area contributed by atoms with Crippen LogP contribution in [-0.4, -0.2) is 52.5 Å². The van der Waals surface area contributed by atoms with Crippen LogP contribution in [0.25, 0.3) is 5.69 Å². The molecule has 0 bridgehead atoms. The summed E-state index contributed by atoms with van der Waals surface area (Å²) in [5.41, 5.74) is 3.63. The summed E-state index contributed by atoms with van der Waals surface area (Å²) in [4.78, 5) is 30.0. The molecule has 1 amide bonds. The van der Waals surface area contributed by atoms with Gasteiger partial charge in [0.05, 0.1) is 28.2 Å². The molecular weight excluding hydrogens is 457 g/mol. The van der Waals surface area contributed by atoms with Crippen molar-refractivity contribution in [3.05, 3.63) is 76.1 Å². The maximum Gasteiger partial charge on any atom is 0.416 e. The third-order valence-corrected chi connectivity index (χ3v) is 6.61. The predicted octanol–water partition coefficient (Wildman–Crippen LogP) is 4.66. The van der Waals surface area contributed by atoms with Gasteiger partial charge in [0, 0.05) is 31.9 Å². The maximum atomic E-state index is 13.2.